The predicted octanol–water partition coefficient (Wildman–Crippen LogP) is 1.51. The topological polar surface area (TPSA) is 72.6 Å². The highest BCUT2D eigenvalue weighted by Crippen LogP contribution is 2.19. The summed E-state index contributed by atoms with van der Waals surface area (Å²) >= 11 is 4.89. The lowest BCUT2D eigenvalue weighted by Gasteiger charge is -2.27. The molecule has 1 aromatic rings. The van der Waals surface area contributed by atoms with Gasteiger partial charge in [-0.05, 0) is 31.4 Å². The number of hydrogen-bond acceptors (Lipinski definition) is 4. The molecule has 0 spiro atoms. The van der Waals surface area contributed by atoms with E-state index in [1.807, 2.05) is 0 Å². The Balaban J connectivity index is 2.16. The first kappa shape index (κ1) is 16.4. The van der Waals surface area contributed by atoms with E-state index >= 15 is 0 Å². The number of thiocarbonyl (C=S) groups is 1. The predicted molar refractivity (Wildman–Crippen MR) is 85.7 cm³/mol. The van der Waals surface area contributed by atoms with Crippen LogP contribution in [0.2, 0.25) is 0 Å². The van der Waals surface area contributed by atoms with Crippen molar-refractivity contribution >= 4 is 27.2 Å². The zero-order chi connectivity index (χ0) is 15.5. The van der Waals surface area contributed by atoms with Gasteiger partial charge in [-0.1, -0.05) is 24.4 Å². The van der Waals surface area contributed by atoms with Gasteiger partial charge in [-0.2, -0.15) is 4.31 Å². The van der Waals surface area contributed by atoms with Crippen molar-refractivity contribution in [1.82, 2.24) is 4.31 Å². The molecule has 21 heavy (non-hydrogen) atoms. The molecule has 5 nitrogen and oxygen atoms in total. The fourth-order valence-electron chi connectivity index (χ4n) is 2.33. The Kier molecular flexibility index (Phi) is 5.32. The summed E-state index contributed by atoms with van der Waals surface area (Å²) in [5, 5.41) is 0. The molecule has 0 saturated carbocycles. The Hall–Kier alpha value is -1.02. The van der Waals surface area contributed by atoms with Gasteiger partial charge in [0.25, 0.3) is 0 Å². The van der Waals surface area contributed by atoms with E-state index in [1.54, 1.807) is 25.2 Å². The van der Waals surface area contributed by atoms with Crippen molar-refractivity contribution in [2.75, 3.05) is 20.2 Å². The van der Waals surface area contributed by atoms with Gasteiger partial charge in [0.1, 0.15) is 4.99 Å². The molecule has 2 rings (SSSR count). The molecule has 0 aromatic heterocycles. The number of ether oxygens (including phenoxy) is 1. The van der Waals surface area contributed by atoms with Gasteiger partial charge >= 0.3 is 0 Å². The van der Waals surface area contributed by atoms with Crippen molar-refractivity contribution in [3.8, 4) is 0 Å². The summed E-state index contributed by atoms with van der Waals surface area (Å²) in [6.07, 6.45) is 2.99. The number of benzene rings is 1. The number of sulfonamides is 1. The standard InChI is InChI=1S/C14H20N2O3S2/c1-16(10-12-6-2-3-8-19-12)21(17,18)13-7-4-5-11(9-13)14(15)20/h4-5,7,9,12H,2-3,6,8,10H2,1H3,(H2,15,20). The summed E-state index contributed by atoms with van der Waals surface area (Å²) in [4.78, 5) is 0.386. The minimum absolute atomic E-state index is 0.0303. The van der Waals surface area contributed by atoms with Crippen LogP contribution >= 0.6 is 12.2 Å². The Morgan fingerprint density at radius 1 is 1.48 bits per heavy atom. The molecular formula is C14H20N2O3S2. The lowest BCUT2D eigenvalue weighted by atomic mass is 10.1. The van der Waals surface area contributed by atoms with Crippen molar-refractivity contribution < 1.29 is 13.2 Å². The second-order valence-corrected chi connectivity index (χ2v) is 7.65. The van der Waals surface area contributed by atoms with E-state index in [-0.39, 0.29) is 16.0 Å². The van der Waals surface area contributed by atoms with Crippen LogP contribution in [0, 0.1) is 0 Å². The van der Waals surface area contributed by atoms with Crippen molar-refractivity contribution in [1.29, 1.82) is 0 Å². The average Bonchev–Trinajstić information content (AvgIpc) is 2.48. The van der Waals surface area contributed by atoms with Crippen LogP contribution < -0.4 is 5.73 Å². The van der Waals surface area contributed by atoms with Crippen LogP contribution in [-0.4, -0.2) is 44.0 Å². The third-order valence-corrected chi connectivity index (χ3v) is 5.62. The molecule has 1 saturated heterocycles. The van der Waals surface area contributed by atoms with Gasteiger partial charge in [0.2, 0.25) is 10.0 Å². The van der Waals surface area contributed by atoms with Crippen LogP contribution in [-0.2, 0) is 14.8 Å². The molecule has 1 heterocycles. The van der Waals surface area contributed by atoms with E-state index < -0.39 is 10.0 Å². The third kappa shape index (κ3) is 4.00. The highest BCUT2D eigenvalue weighted by molar-refractivity contribution is 7.89. The molecule has 0 radical (unpaired) electrons. The highest BCUT2D eigenvalue weighted by atomic mass is 32.2. The minimum atomic E-state index is -3.56. The van der Waals surface area contributed by atoms with Crippen LogP contribution in [0.15, 0.2) is 29.2 Å². The maximum absolute atomic E-state index is 12.6. The fourth-order valence-corrected chi connectivity index (χ4v) is 3.70. The van der Waals surface area contributed by atoms with Gasteiger partial charge in [-0.25, -0.2) is 8.42 Å². The Morgan fingerprint density at radius 2 is 2.24 bits per heavy atom. The van der Waals surface area contributed by atoms with Gasteiger partial charge in [0.05, 0.1) is 11.0 Å². The lowest BCUT2D eigenvalue weighted by molar-refractivity contribution is 0.00858. The summed E-state index contributed by atoms with van der Waals surface area (Å²) in [7, 11) is -1.99. The van der Waals surface area contributed by atoms with Crippen molar-refractivity contribution in [3.05, 3.63) is 29.8 Å². The zero-order valence-corrected chi connectivity index (χ0v) is 13.6. The molecule has 2 N–H and O–H groups in total. The summed E-state index contributed by atoms with van der Waals surface area (Å²) in [5.41, 5.74) is 6.10. The van der Waals surface area contributed by atoms with Crippen LogP contribution in [0.1, 0.15) is 24.8 Å². The summed E-state index contributed by atoms with van der Waals surface area (Å²) in [6.45, 7) is 1.06. The molecule has 1 aliphatic rings. The van der Waals surface area contributed by atoms with Gasteiger partial charge < -0.3 is 10.5 Å². The van der Waals surface area contributed by atoms with E-state index in [1.165, 1.54) is 10.4 Å². The molecule has 0 amide bonds. The van der Waals surface area contributed by atoms with Gasteiger partial charge in [-0.15, -0.1) is 0 Å². The van der Waals surface area contributed by atoms with E-state index in [4.69, 9.17) is 22.7 Å². The summed E-state index contributed by atoms with van der Waals surface area (Å²) < 4.78 is 32.1. The number of nitrogens with zero attached hydrogens (tertiary/aromatic N) is 1. The van der Waals surface area contributed by atoms with Crippen molar-refractivity contribution in [2.45, 2.75) is 30.3 Å². The second kappa shape index (κ2) is 6.83. The van der Waals surface area contributed by atoms with Crippen LogP contribution in [0.25, 0.3) is 0 Å². The average molecular weight is 328 g/mol. The molecular weight excluding hydrogens is 308 g/mol. The number of likely N-dealkylation sites (N-methyl/N-ethyl adjacent to an activating group) is 1. The van der Waals surface area contributed by atoms with Crippen LogP contribution in [0.5, 0.6) is 0 Å². The first-order valence-corrected chi connectivity index (χ1v) is 8.74. The molecule has 1 atom stereocenters. The molecule has 7 heteroatoms. The number of rotatable bonds is 5. The zero-order valence-electron chi connectivity index (χ0n) is 12.0. The van der Waals surface area contributed by atoms with Gasteiger partial charge in [-0.3, -0.25) is 0 Å². The van der Waals surface area contributed by atoms with E-state index in [0.717, 1.165) is 19.3 Å². The van der Waals surface area contributed by atoms with Crippen LogP contribution in [0.3, 0.4) is 0 Å². The smallest absolute Gasteiger partial charge is 0.242 e. The monoisotopic (exact) mass is 328 g/mol. The Labute approximate surface area is 131 Å². The molecule has 1 aliphatic heterocycles. The number of hydrogen-bond donors (Lipinski definition) is 1. The van der Waals surface area contributed by atoms with Gasteiger partial charge in [0.15, 0.2) is 0 Å². The summed E-state index contributed by atoms with van der Waals surface area (Å²) in [5.74, 6) is 0. The van der Waals surface area contributed by atoms with E-state index in [9.17, 15) is 8.42 Å². The molecule has 1 unspecified atom stereocenters. The SMILES string of the molecule is CN(CC1CCCCO1)S(=O)(=O)c1cccc(C(N)=S)c1. The van der Waals surface area contributed by atoms with E-state index in [2.05, 4.69) is 0 Å². The fraction of sp³-hybridized carbons (Fsp3) is 0.500. The summed E-state index contributed by atoms with van der Waals surface area (Å²) in [6, 6.07) is 6.41. The molecule has 1 fully saturated rings. The lowest BCUT2D eigenvalue weighted by Crippen LogP contribution is -2.37. The normalized spacial score (nSPS) is 19.6. The first-order chi connectivity index (χ1) is 9.91. The van der Waals surface area contributed by atoms with E-state index in [0.29, 0.717) is 18.7 Å². The first-order valence-electron chi connectivity index (χ1n) is 6.89. The molecule has 116 valence electrons. The second-order valence-electron chi connectivity index (χ2n) is 5.17. The third-order valence-electron chi connectivity index (χ3n) is 3.56. The number of nitrogens with two attached hydrogens (primary N) is 1. The molecule has 0 aliphatic carbocycles. The molecule has 0 bridgehead atoms. The quantitative estimate of drug-likeness (QED) is 0.830. The Bertz CT molecular complexity index is 610. The van der Waals surface area contributed by atoms with Crippen molar-refractivity contribution in [2.24, 2.45) is 5.73 Å². The highest BCUT2D eigenvalue weighted by Gasteiger charge is 2.25. The van der Waals surface area contributed by atoms with Gasteiger partial charge in [0, 0.05) is 25.8 Å². The van der Waals surface area contributed by atoms with Crippen molar-refractivity contribution in [3.63, 3.8) is 0 Å². The maximum atomic E-state index is 12.6. The maximum Gasteiger partial charge on any atom is 0.242 e. The van der Waals surface area contributed by atoms with Crippen LogP contribution in [0.4, 0.5) is 0 Å². The largest absolute Gasteiger partial charge is 0.389 e. The molecule has 1 aromatic carbocycles. The minimum Gasteiger partial charge on any atom is -0.389 e. The Morgan fingerprint density at radius 3 is 2.86 bits per heavy atom.